The highest BCUT2D eigenvalue weighted by Gasteiger charge is 2.35. The molecule has 40 heavy (non-hydrogen) atoms. The maximum atomic E-state index is 14.1. The number of carbonyl (C=O) groups is 2. The monoisotopic (exact) mass is 608 g/mol. The second kappa shape index (κ2) is 13.9. The molecule has 0 aliphatic carbocycles. The van der Waals surface area contributed by atoms with Crippen LogP contribution in [0.2, 0.25) is 10.0 Å². The fraction of sp³-hybridized carbons (Fsp3) is 0.286. The molecular formula is C28H31Cl2FN4O4S. The van der Waals surface area contributed by atoms with Crippen LogP contribution in [0.5, 0.6) is 0 Å². The van der Waals surface area contributed by atoms with Gasteiger partial charge in [-0.25, -0.2) is 8.70 Å². The van der Waals surface area contributed by atoms with Gasteiger partial charge in [-0.3, -0.25) is 9.59 Å². The molecule has 0 aliphatic rings. The number of likely N-dealkylation sites (N-methyl/N-ethyl adjacent to an activating group) is 1. The molecule has 3 rings (SSSR count). The van der Waals surface area contributed by atoms with E-state index in [0.29, 0.717) is 12.1 Å². The molecule has 8 nitrogen and oxygen atoms in total. The molecule has 2 amide bonds. The zero-order valence-corrected chi connectivity index (χ0v) is 24.7. The Balaban J connectivity index is 2.12. The van der Waals surface area contributed by atoms with Gasteiger partial charge in [0.25, 0.3) is 0 Å². The Morgan fingerprint density at radius 1 is 0.925 bits per heavy atom. The lowest BCUT2D eigenvalue weighted by atomic mass is 10.0. The number of amides is 2. The average molecular weight is 610 g/mol. The number of carbonyl (C=O) groups excluding carboxylic acids is 2. The van der Waals surface area contributed by atoms with Crippen molar-refractivity contribution >= 4 is 50.9 Å². The maximum Gasteiger partial charge on any atom is 0.304 e. The quantitative estimate of drug-likeness (QED) is 0.327. The minimum Gasteiger partial charge on any atom is -0.355 e. The smallest absolute Gasteiger partial charge is 0.304 e. The zero-order chi connectivity index (χ0) is 29.4. The largest absolute Gasteiger partial charge is 0.355 e. The van der Waals surface area contributed by atoms with E-state index in [1.807, 2.05) is 30.3 Å². The van der Waals surface area contributed by atoms with Gasteiger partial charge in [0.15, 0.2) is 0 Å². The van der Waals surface area contributed by atoms with Crippen LogP contribution in [0.25, 0.3) is 0 Å². The van der Waals surface area contributed by atoms with E-state index in [0.717, 1.165) is 26.3 Å². The molecule has 0 aliphatic heterocycles. The third-order valence-electron chi connectivity index (χ3n) is 6.15. The summed E-state index contributed by atoms with van der Waals surface area (Å²) in [5, 5.41) is 3.35. The second-order valence-electron chi connectivity index (χ2n) is 9.10. The van der Waals surface area contributed by atoms with E-state index in [4.69, 9.17) is 23.2 Å². The lowest BCUT2D eigenvalue weighted by Gasteiger charge is -2.34. The van der Waals surface area contributed by atoms with Crippen molar-refractivity contribution < 1.29 is 22.4 Å². The van der Waals surface area contributed by atoms with Gasteiger partial charge in [0.1, 0.15) is 18.4 Å². The predicted molar refractivity (Wildman–Crippen MR) is 156 cm³/mol. The minimum atomic E-state index is -4.19. The van der Waals surface area contributed by atoms with Crippen LogP contribution in [0.1, 0.15) is 18.1 Å². The Kier molecular flexibility index (Phi) is 10.9. The van der Waals surface area contributed by atoms with E-state index in [2.05, 4.69) is 5.32 Å². The summed E-state index contributed by atoms with van der Waals surface area (Å²) in [6, 6.07) is 17.7. The van der Waals surface area contributed by atoms with Gasteiger partial charge in [-0.2, -0.15) is 12.7 Å². The molecule has 1 N–H and O–H groups in total. The summed E-state index contributed by atoms with van der Waals surface area (Å²) >= 11 is 12.9. The fourth-order valence-electron chi connectivity index (χ4n) is 4.02. The van der Waals surface area contributed by atoms with Crippen molar-refractivity contribution in [2.75, 3.05) is 31.5 Å². The first kappa shape index (κ1) is 31.3. The van der Waals surface area contributed by atoms with Crippen molar-refractivity contribution in [3.8, 4) is 0 Å². The van der Waals surface area contributed by atoms with Crippen molar-refractivity contribution in [2.45, 2.75) is 25.9 Å². The summed E-state index contributed by atoms with van der Waals surface area (Å²) in [6.45, 7) is 1.24. The van der Waals surface area contributed by atoms with E-state index < -0.39 is 40.4 Å². The lowest BCUT2D eigenvalue weighted by Crippen LogP contribution is -2.54. The molecule has 0 saturated carbocycles. The van der Waals surface area contributed by atoms with Gasteiger partial charge in [0.05, 0.1) is 5.69 Å². The summed E-state index contributed by atoms with van der Waals surface area (Å²) in [5.74, 6) is -1.67. The molecule has 12 heteroatoms. The van der Waals surface area contributed by atoms with Gasteiger partial charge < -0.3 is 10.2 Å². The van der Waals surface area contributed by atoms with Crippen LogP contribution in [0.3, 0.4) is 0 Å². The predicted octanol–water partition coefficient (Wildman–Crippen LogP) is 4.52. The van der Waals surface area contributed by atoms with Gasteiger partial charge in [0, 0.05) is 49.2 Å². The first-order valence-corrected chi connectivity index (χ1v) is 14.6. The zero-order valence-electron chi connectivity index (χ0n) is 22.4. The van der Waals surface area contributed by atoms with Gasteiger partial charge in [0.2, 0.25) is 11.8 Å². The molecule has 214 valence electrons. The summed E-state index contributed by atoms with van der Waals surface area (Å²) in [4.78, 5) is 28.8. The molecule has 1 atom stereocenters. The standard InChI is InChI=1S/C28H31Cl2FN4O4S/c1-4-32-28(37)26(17-20-9-6-5-7-10-20)34(18-23-24(29)11-8-12-25(23)30)27(36)19-35(40(38,39)33(2)3)22-15-13-21(31)14-16-22/h5-16,26H,4,17-19H2,1-3H3,(H,32,37)/t26-/m1/s1. The van der Waals surface area contributed by atoms with Crippen molar-refractivity contribution in [2.24, 2.45) is 0 Å². The van der Waals surface area contributed by atoms with Crippen LogP contribution in [0.15, 0.2) is 72.8 Å². The Bertz CT molecular complexity index is 1400. The normalized spacial score (nSPS) is 12.2. The van der Waals surface area contributed by atoms with Gasteiger partial charge >= 0.3 is 10.2 Å². The highest BCUT2D eigenvalue weighted by Crippen LogP contribution is 2.28. The molecule has 0 bridgehead atoms. The topological polar surface area (TPSA) is 90.0 Å². The van der Waals surface area contributed by atoms with Crippen LogP contribution in [-0.4, -0.2) is 62.7 Å². The second-order valence-corrected chi connectivity index (χ2v) is 12.0. The molecule has 3 aromatic rings. The number of rotatable bonds is 12. The maximum absolute atomic E-state index is 14.1. The van der Waals surface area contributed by atoms with E-state index in [9.17, 15) is 22.4 Å². The van der Waals surface area contributed by atoms with Crippen molar-refractivity contribution in [1.82, 2.24) is 14.5 Å². The van der Waals surface area contributed by atoms with Crippen molar-refractivity contribution in [1.29, 1.82) is 0 Å². The number of nitrogens with zero attached hydrogens (tertiary/aromatic N) is 3. The van der Waals surface area contributed by atoms with Crippen LogP contribution < -0.4 is 9.62 Å². The minimum absolute atomic E-state index is 0.0804. The summed E-state index contributed by atoms with van der Waals surface area (Å²) in [5.41, 5.74) is 1.28. The number of benzene rings is 3. The van der Waals surface area contributed by atoms with Crippen molar-refractivity contribution in [3.05, 3.63) is 99.8 Å². The fourth-order valence-corrected chi connectivity index (χ4v) is 5.60. The number of anilines is 1. The molecule has 0 aromatic heterocycles. The molecule has 0 saturated heterocycles. The Labute approximate surface area is 244 Å². The average Bonchev–Trinajstić information content (AvgIpc) is 2.91. The molecule has 3 aromatic carbocycles. The number of hydrogen-bond acceptors (Lipinski definition) is 4. The number of hydrogen-bond donors (Lipinski definition) is 1. The van der Waals surface area contributed by atoms with Gasteiger partial charge in [-0.05, 0) is 48.9 Å². The lowest BCUT2D eigenvalue weighted by molar-refractivity contribution is -0.140. The molecule has 0 fully saturated rings. The van der Waals surface area contributed by atoms with Gasteiger partial charge in [-0.1, -0.05) is 59.6 Å². The summed E-state index contributed by atoms with van der Waals surface area (Å²) < 4.78 is 42.1. The molecule has 0 radical (unpaired) electrons. The summed E-state index contributed by atoms with van der Waals surface area (Å²) in [7, 11) is -1.55. The van der Waals surface area contributed by atoms with Crippen LogP contribution in [0.4, 0.5) is 10.1 Å². The van der Waals surface area contributed by atoms with Crippen molar-refractivity contribution in [3.63, 3.8) is 0 Å². The third kappa shape index (κ3) is 7.72. The molecule has 0 spiro atoms. The van der Waals surface area contributed by atoms with Crippen LogP contribution in [-0.2, 0) is 32.8 Å². The van der Waals surface area contributed by atoms with Crippen LogP contribution in [0, 0.1) is 5.82 Å². The van der Waals surface area contributed by atoms with Crippen LogP contribution >= 0.6 is 23.2 Å². The Morgan fingerprint density at radius 2 is 1.52 bits per heavy atom. The third-order valence-corrected chi connectivity index (χ3v) is 8.67. The first-order chi connectivity index (χ1) is 18.9. The van der Waals surface area contributed by atoms with E-state index >= 15 is 0 Å². The first-order valence-electron chi connectivity index (χ1n) is 12.5. The SMILES string of the molecule is CCNC(=O)[C@@H](Cc1ccccc1)N(Cc1c(Cl)cccc1Cl)C(=O)CN(c1ccc(F)cc1)S(=O)(=O)N(C)C. The highest BCUT2D eigenvalue weighted by molar-refractivity contribution is 7.90. The molecule has 0 unspecified atom stereocenters. The number of halogens is 3. The molecule has 0 heterocycles. The van der Waals surface area contributed by atoms with E-state index in [1.165, 1.54) is 31.1 Å². The van der Waals surface area contributed by atoms with Gasteiger partial charge in [-0.15, -0.1) is 0 Å². The van der Waals surface area contributed by atoms with E-state index in [1.54, 1.807) is 25.1 Å². The molecular weight excluding hydrogens is 578 g/mol. The number of nitrogens with one attached hydrogen (secondary N) is 1. The Morgan fingerprint density at radius 3 is 2.08 bits per heavy atom. The highest BCUT2D eigenvalue weighted by atomic mass is 35.5. The Hall–Kier alpha value is -3.18. The van der Waals surface area contributed by atoms with E-state index in [-0.39, 0.29) is 28.7 Å². The summed E-state index contributed by atoms with van der Waals surface area (Å²) in [6.07, 6.45) is 0.150.